The highest BCUT2D eigenvalue weighted by Crippen LogP contribution is 2.10. The summed E-state index contributed by atoms with van der Waals surface area (Å²) in [5.74, 6) is -0.224. The summed E-state index contributed by atoms with van der Waals surface area (Å²) in [7, 11) is -3.57. The van der Waals surface area contributed by atoms with Crippen LogP contribution in [0, 0.1) is 0 Å². The molecule has 1 fully saturated rings. The molecule has 76 valence electrons. The maximum Gasteiger partial charge on any atom is 0.423 e. The third-order valence-corrected chi connectivity index (χ3v) is 3.43. The molecule has 0 aliphatic carbocycles. The van der Waals surface area contributed by atoms with E-state index < -0.39 is 16.1 Å². The van der Waals surface area contributed by atoms with Gasteiger partial charge in [0.15, 0.2) is 0 Å². The van der Waals surface area contributed by atoms with E-state index in [1.807, 2.05) is 0 Å². The largest absolute Gasteiger partial charge is 0.447 e. The fraction of sp³-hybridized carbons (Fsp3) is 0.833. The van der Waals surface area contributed by atoms with Crippen molar-refractivity contribution >= 4 is 16.1 Å². The van der Waals surface area contributed by atoms with Gasteiger partial charge in [-0.1, -0.05) is 0 Å². The normalized spacial score (nSPS) is 17.6. The number of aliphatic hydroxyl groups is 1. The Labute approximate surface area is 76.1 Å². The van der Waals surface area contributed by atoms with E-state index in [4.69, 9.17) is 5.11 Å². The monoisotopic (exact) mass is 209 g/mol. The smallest absolute Gasteiger partial charge is 0.423 e. The predicted molar refractivity (Wildman–Crippen MR) is 43.5 cm³/mol. The molecule has 0 atom stereocenters. The fourth-order valence-corrected chi connectivity index (χ4v) is 2.34. The van der Waals surface area contributed by atoms with Gasteiger partial charge in [-0.3, -0.25) is 0 Å². The lowest BCUT2D eigenvalue weighted by molar-refractivity contribution is 0.170. The second-order valence-corrected chi connectivity index (χ2v) is 4.59. The Morgan fingerprint density at radius 2 is 2.23 bits per heavy atom. The minimum Gasteiger partial charge on any atom is -0.447 e. The number of cyclic esters (lactones) is 1. The molecular weight excluding hydrogens is 198 g/mol. The van der Waals surface area contributed by atoms with Gasteiger partial charge in [0.1, 0.15) is 6.61 Å². The fourth-order valence-electron chi connectivity index (χ4n) is 0.989. The topological polar surface area (TPSA) is 83.9 Å². The molecule has 0 bridgehead atoms. The number of nitrogens with zero attached hydrogens (tertiary/aromatic N) is 1. The summed E-state index contributed by atoms with van der Waals surface area (Å²) < 4.78 is 27.8. The van der Waals surface area contributed by atoms with Crippen LogP contribution in [0.5, 0.6) is 0 Å². The highest BCUT2D eigenvalue weighted by molar-refractivity contribution is 7.89. The molecular formula is C6H11NO5S. The van der Waals surface area contributed by atoms with Crippen molar-refractivity contribution in [2.24, 2.45) is 0 Å². The first kappa shape index (κ1) is 10.3. The van der Waals surface area contributed by atoms with Crippen LogP contribution >= 0.6 is 0 Å². The summed E-state index contributed by atoms with van der Waals surface area (Å²) in [4.78, 5) is 10.8. The number of amides is 1. The Morgan fingerprint density at radius 3 is 2.69 bits per heavy atom. The predicted octanol–water partition coefficient (Wildman–Crippen LogP) is -0.849. The van der Waals surface area contributed by atoms with Crippen LogP contribution in [0.2, 0.25) is 0 Å². The van der Waals surface area contributed by atoms with E-state index in [-0.39, 0.29) is 31.9 Å². The number of carbonyl (C=O) groups is 1. The van der Waals surface area contributed by atoms with Crippen molar-refractivity contribution in [2.45, 2.75) is 6.42 Å². The first-order chi connectivity index (χ1) is 6.08. The Kier molecular flexibility index (Phi) is 3.10. The van der Waals surface area contributed by atoms with Crippen molar-refractivity contribution in [1.29, 1.82) is 0 Å². The lowest BCUT2D eigenvalue weighted by atomic mass is 10.5. The highest BCUT2D eigenvalue weighted by atomic mass is 32.2. The summed E-state index contributed by atoms with van der Waals surface area (Å²) in [5.41, 5.74) is 0. The SMILES string of the molecule is O=C1OCCN1S(=O)(=O)CCCO. The first-order valence-corrected chi connectivity index (χ1v) is 5.47. The van der Waals surface area contributed by atoms with E-state index in [0.29, 0.717) is 4.31 Å². The zero-order chi connectivity index (χ0) is 9.90. The Hall–Kier alpha value is -0.820. The van der Waals surface area contributed by atoms with E-state index >= 15 is 0 Å². The molecule has 0 aromatic carbocycles. The molecule has 1 heterocycles. The molecule has 0 spiro atoms. The van der Waals surface area contributed by atoms with Crippen LogP contribution in [0.4, 0.5) is 4.79 Å². The van der Waals surface area contributed by atoms with Crippen LogP contribution in [0.1, 0.15) is 6.42 Å². The van der Waals surface area contributed by atoms with Crippen LogP contribution in [-0.2, 0) is 14.8 Å². The van der Waals surface area contributed by atoms with E-state index in [1.165, 1.54) is 0 Å². The molecule has 1 saturated heterocycles. The van der Waals surface area contributed by atoms with Gasteiger partial charge in [0, 0.05) is 6.61 Å². The molecule has 1 amide bonds. The van der Waals surface area contributed by atoms with Gasteiger partial charge in [-0.25, -0.2) is 17.5 Å². The standard InChI is InChI=1S/C6H11NO5S/c8-3-1-5-13(10,11)7-2-4-12-6(7)9/h8H,1-5H2. The Bertz CT molecular complexity index is 285. The van der Waals surface area contributed by atoms with Crippen LogP contribution in [-0.4, -0.2) is 49.4 Å². The van der Waals surface area contributed by atoms with E-state index in [2.05, 4.69) is 4.74 Å². The molecule has 13 heavy (non-hydrogen) atoms. The molecule has 1 aliphatic heterocycles. The molecule has 7 heteroatoms. The molecule has 1 rings (SSSR count). The molecule has 1 aliphatic rings. The first-order valence-electron chi connectivity index (χ1n) is 3.86. The highest BCUT2D eigenvalue weighted by Gasteiger charge is 2.32. The zero-order valence-electron chi connectivity index (χ0n) is 6.97. The van der Waals surface area contributed by atoms with Gasteiger partial charge in [0.2, 0.25) is 10.0 Å². The second-order valence-electron chi connectivity index (χ2n) is 2.58. The van der Waals surface area contributed by atoms with E-state index in [0.717, 1.165) is 0 Å². The van der Waals surface area contributed by atoms with Gasteiger partial charge in [-0.15, -0.1) is 0 Å². The van der Waals surface area contributed by atoms with Crippen LogP contribution in [0.3, 0.4) is 0 Å². The van der Waals surface area contributed by atoms with Crippen LogP contribution in [0.25, 0.3) is 0 Å². The maximum absolute atomic E-state index is 11.3. The second kappa shape index (κ2) is 3.93. The zero-order valence-corrected chi connectivity index (χ0v) is 7.79. The van der Waals surface area contributed by atoms with Crippen LogP contribution < -0.4 is 0 Å². The van der Waals surface area contributed by atoms with Crippen molar-refractivity contribution in [3.05, 3.63) is 0 Å². The van der Waals surface area contributed by atoms with Crippen molar-refractivity contribution in [1.82, 2.24) is 4.31 Å². The van der Waals surface area contributed by atoms with Crippen molar-refractivity contribution in [2.75, 3.05) is 25.5 Å². The number of hydrogen-bond acceptors (Lipinski definition) is 5. The van der Waals surface area contributed by atoms with Crippen molar-refractivity contribution in [3.8, 4) is 0 Å². The van der Waals surface area contributed by atoms with E-state index in [1.54, 1.807) is 0 Å². The van der Waals surface area contributed by atoms with Gasteiger partial charge < -0.3 is 9.84 Å². The third kappa shape index (κ3) is 2.31. The molecule has 0 saturated carbocycles. The van der Waals surface area contributed by atoms with Crippen molar-refractivity contribution in [3.63, 3.8) is 0 Å². The maximum atomic E-state index is 11.3. The molecule has 0 aromatic heterocycles. The lowest BCUT2D eigenvalue weighted by Crippen LogP contribution is -2.33. The molecule has 6 nitrogen and oxygen atoms in total. The average Bonchev–Trinajstić information content (AvgIpc) is 2.48. The molecule has 0 aromatic rings. The number of hydrogen-bond donors (Lipinski definition) is 1. The number of aliphatic hydroxyl groups excluding tert-OH is 1. The summed E-state index contributed by atoms with van der Waals surface area (Å²) in [5, 5.41) is 8.44. The lowest BCUT2D eigenvalue weighted by Gasteiger charge is -2.12. The summed E-state index contributed by atoms with van der Waals surface area (Å²) in [6.45, 7) is -0.0219. The minimum absolute atomic E-state index is 0.0760. The number of rotatable bonds is 4. The van der Waals surface area contributed by atoms with Gasteiger partial charge >= 0.3 is 6.09 Å². The quantitative estimate of drug-likeness (QED) is 0.652. The Morgan fingerprint density at radius 1 is 1.54 bits per heavy atom. The van der Waals surface area contributed by atoms with Crippen molar-refractivity contribution < 1.29 is 23.1 Å². The minimum atomic E-state index is -3.57. The summed E-state index contributed by atoms with van der Waals surface area (Å²) in [6.07, 6.45) is -0.690. The van der Waals surface area contributed by atoms with Gasteiger partial charge in [-0.05, 0) is 6.42 Å². The Balaban J connectivity index is 2.63. The number of sulfonamides is 1. The van der Waals surface area contributed by atoms with E-state index in [9.17, 15) is 13.2 Å². The van der Waals surface area contributed by atoms with Gasteiger partial charge in [0.05, 0.1) is 12.3 Å². The summed E-state index contributed by atoms with van der Waals surface area (Å²) >= 11 is 0. The molecule has 0 unspecified atom stereocenters. The summed E-state index contributed by atoms with van der Waals surface area (Å²) in [6, 6.07) is 0. The molecule has 0 radical (unpaired) electrons. The number of carbonyl (C=O) groups excluding carboxylic acids is 1. The van der Waals surface area contributed by atoms with Gasteiger partial charge in [-0.2, -0.15) is 0 Å². The van der Waals surface area contributed by atoms with Gasteiger partial charge in [0.25, 0.3) is 0 Å². The number of ether oxygens (including phenoxy) is 1. The average molecular weight is 209 g/mol. The molecule has 1 N–H and O–H groups in total. The third-order valence-electron chi connectivity index (χ3n) is 1.62. The van der Waals surface area contributed by atoms with Crippen LogP contribution in [0.15, 0.2) is 0 Å².